The first kappa shape index (κ1) is 46.7. The number of benzene rings is 4. The number of tetrazole rings is 1. The summed E-state index contributed by atoms with van der Waals surface area (Å²) in [5.74, 6) is -9.93. The van der Waals surface area contributed by atoms with E-state index in [1.165, 1.54) is 30.6 Å². The summed E-state index contributed by atoms with van der Waals surface area (Å²) in [5, 5.41) is 32.3. The highest BCUT2D eigenvalue weighted by Crippen LogP contribution is 2.48. The molecule has 0 radical (unpaired) electrons. The van der Waals surface area contributed by atoms with Crippen molar-refractivity contribution < 1.29 is 50.4 Å². The van der Waals surface area contributed by atoms with Crippen LogP contribution in [0.4, 0.5) is 30.7 Å². The molecule has 11 nitrogen and oxygen atoms in total. The normalized spacial score (nSPS) is 13.6. The van der Waals surface area contributed by atoms with E-state index < -0.39 is 76.1 Å². The quantitative estimate of drug-likeness (QED) is 0.0853. The number of ether oxygens (including phenoxy) is 2. The summed E-state index contributed by atoms with van der Waals surface area (Å²) in [6.07, 6.45) is 3.56. The summed E-state index contributed by atoms with van der Waals surface area (Å²) in [4.78, 5) is 7.71. The number of halogens is 7. The van der Waals surface area contributed by atoms with E-state index in [9.17, 15) is 23.4 Å². The molecule has 4 N–H and O–H groups in total. The summed E-state index contributed by atoms with van der Waals surface area (Å²) in [6.45, 7) is 4.59. The van der Waals surface area contributed by atoms with Crippen molar-refractivity contribution in [3.63, 3.8) is 0 Å². The van der Waals surface area contributed by atoms with Gasteiger partial charge < -0.3 is 25.4 Å². The summed E-state index contributed by atoms with van der Waals surface area (Å²) in [6, 6.07) is 24.7. The Kier molecular flexibility index (Phi) is 14.1. The molecule has 0 bridgehead atoms. The minimum absolute atomic E-state index is 0.411. The molecule has 0 aliphatic carbocycles. The number of aryl methyl sites for hydroxylation is 1. The maximum Gasteiger partial charge on any atom is 0.323 e. The lowest BCUT2D eigenvalue weighted by Crippen LogP contribution is -2.50. The van der Waals surface area contributed by atoms with Gasteiger partial charge in [0, 0.05) is 47.3 Å². The molecule has 64 heavy (non-hydrogen) atoms. The van der Waals surface area contributed by atoms with Gasteiger partial charge in [-0.1, -0.05) is 54.6 Å². The van der Waals surface area contributed by atoms with Gasteiger partial charge in [0.25, 0.3) is 0 Å². The van der Waals surface area contributed by atoms with Gasteiger partial charge in [0.15, 0.2) is 11.2 Å². The molecule has 0 aliphatic rings. The Morgan fingerprint density at radius 3 is 1.50 bits per heavy atom. The van der Waals surface area contributed by atoms with Gasteiger partial charge in [-0.3, -0.25) is 9.97 Å². The van der Waals surface area contributed by atoms with Crippen molar-refractivity contribution in [3.8, 4) is 33.8 Å². The lowest BCUT2D eigenvalue weighted by Gasteiger charge is -2.35. The minimum Gasteiger partial charge on any atom is -0.494 e. The fraction of sp³-hybridized carbons (Fsp3) is 0.239. The van der Waals surface area contributed by atoms with Gasteiger partial charge in [-0.05, 0) is 96.4 Å². The van der Waals surface area contributed by atoms with Crippen LogP contribution in [0.1, 0.15) is 41.9 Å². The second-order valence-electron chi connectivity index (χ2n) is 14.5. The third kappa shape index (κ3) is 9.58. The molecule has 0 amide bonds. The molecule has 0 saturated heterocycles. The van der Waals surface area contributed by atoms with Crippen LogP contribution < -0.4 is 15.2 Å². The van der Waals surface area contributed by atoms with Gasteiger partial charge in [-0.25, -0.2) is 17.9 Å². The van der Waals surface area contributed by atoms with Gasteiger partial charge in [0.05, 0.1) is 19.8 Å². The Labute approximate surface area is 363 Å². The van der Waals surface area contributed by atoms with Crippen molar-refractivity contribution in [1.29, 1.82) is 0 Å². The van der Waals surface area contributed by atoms with Crippen LogP contribution >= 0.6 is 0 Å². The average molecular weight is 890 g/mol. The van der Waals surface area contributed by atoms with Crippen LogP contribution in [-0.2, 0) is 29.6 Å². The zero-order valence-corrected chi connectivity index (χ0v) is 34.6. The van der Waals surface area contributed by atoms with E-state index in [2.05, 4.69) is 25.5 Å². The van der Waals surface area contributed by atoms with E-state index in [1.54, 1.807) is 55.5 Å². The van der Waals surface area contributed by atoms with E-state index in [-0.39, 0.29) is 0 Å². The van der Waals surface area contributed by atoms with Crippen LogP contribution in [0.5, 0.6) is 11.5 Å². The van der Waals surface area contributed by atoms with Gasteiger partial charge in [0.1, 0.15) is 46.7 Å². The Hall–Kier alpha value is -6.76. The molecule has 7 aromatic rings. The summed E-state index contributed by atoms with van der Waals surface area (Å²) in [7, 11) is 0. The van der Waals surface area contributed by atoms with Gasteiger partial charge >= 0.3 is 11.8 Å². The summed E-state index contributed by atoms with van der Waals surface area (Å²) < 4.78 is 116. The minimum atomic E-state index is -4.04. The molecule has 0 fully saturated rings. The largest absolute Gasteiger partial charge is 0.494 e. The van der Waals surface area contributed by atoms with Gasteiger partial charge in [0.2, 0.25) is 0 Å². The Morgan fingerprint density at radius 2 is 1.08 bits per heavy atom. The molecule has 18 heteroatoms. The molecular formula is C46H42F7N7O4. The van der Waals surface area contributed by atoms with Crippen LogP contribution in [0.2, 0.25) is 0 Å². The second-order valence-corrected chi connectivity index (χ2v) is 14.5. The van der Waals surface area contributed by atoms with Crippen LogP contribution in [0, 0.1) is 24.4 Å². The van der Waals surface area contributed by atoms with E-state index in [1.807, 2.05) is 13.8 Å². The zero-order valence-electron chi connectivity index (χ0n) is 34.6. The number of hydrogen-bond donors (Lipinski definition) is 3. The smallest absolute Gasteiger partial charge is 0.323 e. The summed E-state index contributed by atoms with van der Waals surface area (Å²) in [5.41, 5.74) is -0.514. The van der Waals surface area contributed by atoms with E-state index in [0.717, 1.165) is 58.5 Å². The number of hydrogen-bond acceptors (Lipinski definition) is 10. The van der Waals surface area contributed by atoms with Crippen LogP contribution in [0.25, 0.3) is 22.3 Å². The number of nitrogens with two attached hydrogens (primary N) is 1. The molecule has 7 rings (SSSR count). The Balaban J connectivity index is 0.000000214. The van der Waals surface area contributed by atoms with Gasteiger partial charge in [-0.2, -0.15) is 17.6 Å². The second kappa shape index (κ2) is 19.3. The molecule has 3 heterocycles. The van der Waals surface area contributed by atoms with Gasteiger partial charge in [-0.15, -0.1) is 5.10 Å². The fourth-order valence-electron chi connectivity index (χ4n) is 6.77. The van der Waals surface area contributed by atoms with Crippen molar-refractivity contribution in [2.45, 2.75) is 50.4 Å². The molecule has 0 aliphatic heterocycles. The molecule has 3 aromatic heterocycles. The molecule has 2 unspecified atom stereocenters. The number of aliphatic hydroxyl groups is 2. The number of nitrogens with zero attached hydrogens (tertiary/aromatic N) is 6. The SMILES string of the molecule is CCOc1ccc(-c2ccc(C(F)(F)C(O)(CN)c3ccc(F)cc3F)nc2)cc1.CCOc1ccc(-c2ccc(C(F)(F)C(O)(Cn3cnnn3)c3ccc(C)cc3F)nc2)cc1. The molecular weight excluding hydrogens is 848 g/mol. The predicted molar refractivity (Wildman–Crippen MR) is 222 cm³/mol. The number of alkyl halides is 4. The van der Waals surface area contributed by atoms with E-state index in [0.29, 0.717) is 47.5 Å². The predicted octanol–water partition coefficient (Wildman–Crippen LogP) is 8.62. The molecule has 334 valence electrons. The molecule has 0 spiro atoms. The third-order valence-electron chi connectivity index (χ3n) is 10.2. The number of rotatable bonds is 15. The first-order valence-electron chi connectivity index (χ1n) is 19.7. The molecule has 0 saturated carbocycles. The average Bonchev–Trinajstić information content (AvgIpc) is 3.80. The highest BCUT2D eigenvalue weighted by molar-refractivity contribution is 5.64. The van der Waals surface area contributed by atoms with E-state index >= 15 is 17.6 Å². The van der Waals surface area contributed by atoms with Crippen molar-refractivity contribution in [2.24, 2.45) is 5.73 Å². The highest BCUT2D eigenvalue weighted by atomic mass is 19.3. The Morgan fingerprint density at radius 1 is 0.609 bits per heavy atom. The topological polar surface area (TPSA) is 154 Å². The summed E-state index contributed by atoms with van der Waals surface area (Å²) >= 11 is 0. The lowest BCUT2D eigenvalue weighted by atomic mass is 9.84. The number of aromatic nitrogens is 6. The van der Waals surface area contributed by atoms with Crippen molar-refractivity contribution >= 4 is 0 Å². The van der Waals surface area contributed by atoms with Crippen LogP contribution in [0.15, 0.2) is 128 Å². The molecule has 4 aromatic carbocycles. The standard InChI is InChI=1S/C24H22F3N5O2.C22H20F4N2O2/c1-3-34-19-8-5-17(6-9-19)18-7-11-22(28-13-18)24(26,27)23(33,14-32-15-29-30-31-32)20-10-4-16(2)12-21(20)25;1-2-30-17-7-3-14(4-8-17)15-5-10-20(28-12-15)22(25,26)21(29,13-27)18-9-6-16(23)11-19(18)24/h4-13,15,33H,3,14H2,1-2H3;3-12,29H,2,13,27H2,1H3. The first-order valence-corrected chi connectivity index (χ1v) is 19.7. The van der Waals surface area contributed by atoms with Crippen molar-refractivity contribution in [1.82, 2.24) is 30.2 Å². The number of pyridine rings is 2. The monoisotopic (exact) mass is 889 g/mol. The maximum absolute atomic E-state index is 15.9. The highest BCUT2D eigenvalue weighted by Gasteiger charge is 2.58. The molecule has 2 atom stereocenters. The van der Waals surface area contributed by atoms with E-state index in [4.69, 9.17) is 15.2 Å². The van der Waals surface area contributed by atoms with Crippen molar-refractivity contribution in [2.75, 3.05) is 19.8 Å². The zero-order chi connectivity index (χ0) is 46.3. The van der Waals surface area contributed by atoms with Crippen LogP contribution in [0.3, 0.4) is 0 Å². The lowest BCUT2D eigenvalue weighted by molar-refractivity contribution is -0.207. The Bertz CT molecular complexity index is 2620. The third-order valence-corrected chi connectivity index (χ3v) is 10.2. The maximum atomic E-state index is 15.9. The first-order chi connectivity index (χ1) is 30.5. The van der Waals surface area contributed by atoms with Crippen molar-refractivity contribution in [3.05, 3.63) is 173 Å². The van der Waals surface area contributed by atoms with Crippen LogP contribution in [-0.4, -0.2) is 60.1 Å². The fourth-order valence-corrected chi connectivity index (χ4v) is 6.77.